The lowest BCUT2D eigenvalue weighted by atomic mass is 10.1. The van der Waals surface area contributed by atoms with Gasteiger partial charge in [-0.25, -0.2) is 9.18 Å². The molecule has 184 valence electrons. The molecule has 1 rings (SSSR count). The highest BCUT2D eigenvalue weighted by atomic mass is 35.5. The zero-order valence-electron chi connectivity index (χ0n) is 20.2. The largest absolute Gasteiger partial charge is 0.464 e. The van der Waals surface area contributed by atoms with Crippen LogP contribution >= 0.6 is 11.6 Å². The topological polar surface area (TPSA) is 83.0 Å². The minimum Gasteiger partial charge on any atom is -0.464 e. The van der Waals surface area contributed by atoms with Crippen molar-refractivity contribution in [2.45, 2.75) is 59.5 Å². The van der Waals surface area contributed by atoms with Crippen molar-refractivity contribution < 1.29 is 18.7 Å². The third kappa shape index (κ3) is 11.3. The van der Waals surface area contributed by atoms with Crippen LogP contribution in [0.3, 0.4) is 0 Å². The predicted octanol–water partition coefficient (Wildman–Crippen LogP) is 4.70. The van der Waals surface area contributed by atoms with E-state index < -0.39 is 11.8 Å². The van der Waals surface area contributed by atoms with E-state index in [2.05, 4.69) is 22.5 Å². The van der Waals surface area contributed by atoms with Crippen LogP contribution in [0.1, 0.15) is 52.5 Å². The molecule has 1 unspecified atom stereocenters. The highest BCUT2D eigenvalue weighted by Crippen LogP contribution is 2.19. The number of amides is 2. The summed E-state index contributed by atoms with van der Waals surface area (Å²) in [4.78, 5) is 30.0. The van der Waals surface area contributed by atoms with Gasteiger partial charge in [-0.3, -0.25) is 9.79 Å². The molecule has 0 saturated carbocycles. The van der Waals surface area contributed by atoms with Gasteiger partial charge in [0, 0.05) is 39.0 Å². The van der Waals surface area contributed by atoms with E-state index in [0.29, 0.717) is 18.4 Å². The summed E-state index contributed by atoms with van der Waals surface area (Å²) in [5, 5.41) is 6.05. The molecule has 2 N–H and O–H groups in total. The van der Waals surface area contributed by atoms with Crippen LogP contribution in [-0.4, -0.2) is 55.4 Å². The van der Waals surface area contributed by atoms with Crippen molar-refractivity contribution in [1.29, 1.82) is 0 Å². The molecule has 0 heterocycles. The number of hydrogen-bond acceptors (Lipinski definition) is 5. The number of benzene rings is 1. The van der Waals surface area contributed by atoms with E-state index in [9.17, 15) is 14.0 Å². The van der Waals surface area contributed by atoms with E-state index in [0.717, 1.165) is 30.8 Å². The normalized spacial score (nSPS) is 12.9. The Bertz CT molecular complexity index is 845. The second kappa shape index (κ2) is 15.4. The molecule has 1 atom stereocenters. The van der Waals surface area contributed by atoms with E-state index in [1.807, 2.05) is 20.0 Å². The van der Waals surface area contributed by atoms with Crippen LogP contribution in [0.5, 0.6) is 0 Å². The minimum atomic E-state index is -0.537. The van der Waals surface area contributed by atoms with Crippen molar-refractivity contribution in [1.82, 2.24) is 15.5 Å². The second-order valence-electron chi connectivity index (χ2n) is 7.99. The highest BCUT2D eigenvalue weighted by Gasteiger charge is 2.21. The first kappa shape index (κ1) is 28.6. The molecule has 0 radical (unpaired) electrons. The van der Waals surface area contributed by atoms with Crippen molar-refractivity contribution in [3.63, 3.8) is 0 Å². The quantitative estimate of drug-likeness (QED) is 0.242. The van der Waals surface area contributed by atoms with E-state index >= 15 is 0 Å². The highest BCUT2D eigenvalue weighted by molar-refractivity contribution is 6.31. The minimum absolute atomic E-state index is 0.0167. The van der Waals surface area contributed by atoms with Gasteiger partial charge in [-0.2, -0.15) is 0 Å². The van der Waals surface area contributed by atoms with Gasteiger partial charge in [-0.15, -0.1) is 0 Å². The van der Waals surface area contributed by atoms with Gasteiger partial charge in [0.05, 0.1) is 11.1 Å². The van der Waals surface area contributed by atoms with Crippen LogP contribution in [0, 0.1) is 5.82 Å². The first-order chi connectivity index (χ1) is 15.6. The Hall–Kier alpha value is -2.45. The van der Waals surface area contributed by atoms with Crippen molar-refractivity contribution in [3.8, 4) is 0 Å². The molecule has 0 aliphatic rings. The molecule has 9 heteroatoms. The predicted molar refractivity (Wildman–Crippen MR) is 131 cm³/mol. The number of ether oxygens (including phenoxy) is 1. The van der Waals surface area contributed by atoms with Crippen molar-refractivity contribution >= 4 is 29.3 Å². The Labute approximate surface area is 201 Å². The number of nitrogens with zero attached hydrogens (tertiary/aromatic N) is 2. The maximum Gasteiger partial charge on any atom is 0.317 e. The van der Waals surface area contributed by atoms with Gasteiger partial charge in [-0.1, -0.05) is 30.7 Å². The van der Waals surface area contributed by atoms with Crippen LogP contribution in [0.2, 0.25) is 5.02 Å². The molecule has 0 saturated heterocycles. The summed E-state index contributed by atoms with van der Waals surface area (Å²) in [5.74, 6) is -0.950. The monoisotopic (exact) mass is 482 g/mol. The van der Waals surface area contributed by atoms with E-state index in [1.54, 1.807) is 13.1 Å². The van der Waals surface area contributed by atoms with Crippen LogP contribution in [0.25, 0.3) is 0 Å². The van der Waals surface area contributed by atoms with E-state index in [-0.39, 0.29) is 30.2 Å². The zero-order chi connectivity index (χ0) is 24.8. The fourth-order valence-corrected chi connectivity index (χ4v) is 3.11. The first-order valence-corrected chi connectivity index (χ1v) is 11.5. The number of likely N-dealkylation sites (N-methyl/N-ethyl adjacent to an activating group) is 1. The lowest BCUT2D eigenvalue weighted by molar-refractivity contribution is -0.142. The molecule has 0 aromatic heterocycles. The average molecular weight is 483 g/mol. The fourth-order valence-electron chi connectivity index (χ4n) is 2.92. The maximum absolute atomic E-state index is 13.6. The van der Waals surface area contributed by atoms with Crippen LogP contribution in [0.4, 0.5) is 9.18 Å². The molecular formula is C24H36ClFN4O3. The number of nitrogens with one attached hydrogen (secondary N) is 2. The summed E-state index contributed by atoms with van der Waals surface area (Å²) in [6.45, 7) is 9.30. The summed E-state index contributed by atoms with van der Waals surface area (Å²) >= 11 is 5.96. The summed E-state index contributed by atoms with van der Waals surface area (Å²) in [5.41, 5.74) is 2.53. The SMILES string of the molecule is CCCNC/C(C)=C/N=C(C)CCC(COC(C)=O)N(C)C(=O)NCc1cccc(F)c1Cl. The molecule has 33 heavy (non-hydrogen) atoms. The molecule has 0 bridgehead atoms. The molecule has 2 amide bonds. The standard InChI is InChI=1S/C24H36ClFN4O3/c1-6-12-27-13-17(2)14-28-18(3)10-11-21(16-33-19(4)31)30(5)24(32)29-15-20-8-7-9-22(26)23(20)25/h7-9,14,21,27H,6,10-13,15-16H2,1-5H3,(H,29,32)/b17-14+,28-18?. The fraction of sp³-hybridized carbons (Fsp3) is 0.542. The first-order valence-electron chi connectivity index (χ1n) is 11.1. The number of carbonyl (C=O) groups is 2. The molecule has 0 aliphatic heterocycles. The Morgan fingerprint density at radius 2 is 2.03 bits per heavy atom. The number of halogens is 2. The second-order valence-corrected chi connectivity index (χ2v) is 8.37. The lowest BCUT2D eigenvalue weighted by Crippen LogP contribution is -2.45. The van der Waals surface area contributed by atoms with Crippen LogP contribution in [0.15, 0.2) is 35.0 Å². The molecule has 1 aromatic rings. The Morgan fingerprint density at radius 3 is 2.70 bits per heavy atom. The van der Waals surface area contributed by atoms with Gasteiger partial charge in [0.2, 0.25) is 0 Å². The van der Waals surface area contributed by atoms with Gasteiger partial charge in [0.15, 0.2) is 0 Å². The van der Waals surface area contributed by atoms with Gasteiger partial charge < -0.3 is 20.3 Å². The van der Waals surface area contributed by atoms with E-state index in [4.69, 9.17) is 16.3 Å². The Morgan fingerprint density at radius 1 is 1.30 bits per heavy atom. The number of hydrogen-bond donors (Lipinski definition) is 2. The Kier molecular flexibility index (Phi) is 13.3. The van der Waals surface area contributed by atoms with Crippen molar-refractivity contribution in [2.24, 2.45) is 4.99 Å². The van der Waals surface area contributed by atoms with Gasteiger partial charge >= 0.3 is 12.0 Å². The summed E-state index contributed by atoms with van der Waals surface area (Å²) in [6.07, 6.45) is 4.12. The average Bonchev–Trinajstić information content (AvgIpc) is 2.78. The van der Waals surface area contributed by atoms with Gasteiger partial charge in [0.25, 0.3) is 0 Å². The van der Waals surface area contributed by atoms with Crippen molar-refractivity contribution in [2.75, 3.05) is 26.7 Å². The van der Waals surface area contributed by atoms with Crippen LogP contribution < -0.4 is 10.6 Å². The third-order valence-electron chi connectivity index (χ3n) is 4.98. The lowest BCUT2D eigenvalue weighted by Gasteiger charge is -2.28. The maximum atomic E-state index is 13.6. The number of rotatable bonds is 13. The number of aliphatic imine (C=N–C) groups is 1. The van der Waals surface area contributed by atoms with Gasteiger partial charge in [-0.05, 0) is 56.9 Å². The van der Waals surface area contributed by atoms with Crippen LogP contribution in [-0.2, 0) is 16.1 Å². The molecule has 0 aliphatic carbocycles. The van der Waals surface area contributed by atoms with E-state index in [1.165, 1.54) is 24.0 Å². The number of carbonyl (C=O) groups excluding carboxylic acids is 2. The van der Waals surface area contributed by atoms with Crippen molar-refractivity contribution in [3.05, 3.63) is 46.4 Å². The summed E-state index contributed by atoms with van der Waals surface area (Å²) in [6, 6.07) is 3.72. The van der Waals surface area contributed by atoms with Gasteiger partial charge in [0.1, 0.15) is 12.4 Å². The third-order valence-corrected chi connectivity index (χ3v) is 5.41. The Balaban J connectivity index is 2.71. The smallest absolute Gasteiger partial charge is 0.317 e. The summed E-state index contributed by atoms with van der Waals surface area (Å²) < 4.78 is 18.8. The number of urea groups is 1. The molecule has 0 spiro atoms. The molecule has 0 fully saturated rings. The summed E-state index contributed by atoms with van der Waals surface area (Å²) in [7, 11) is 1.63. The molecular weight excluding hydrogens is 447 g/mol. The number of esters is 1. The molecule has 7 nitrogen and oxygen atoms in total. The zero-order valence-corrected chi connectivity index (χ0v) is 21.0. The molecule has 1 aromatic carbocycles.